The van der Waals surface area contributed by atoms with Gasteiger partial charge in [-0.1, -0.05) is 6.07 Å². The number of aromatic hydroxyl groups is 1. The summed E-state index contributed by atoms with van der Waals surface area (Å²) in [6.07, 6.45) is -4.38. The van der Waals surface area contributed by atoms with Gasteiger partial charge in [-0.25, -0.2) is 0 Å². The average molecular weight is 221 g/mol. The fourth-order valence-electron chi connectivity index (χ4n) is 1.09. The normalized spacial score (nSPS) is 11.5. The largest absolute Gasteiger partial charge is 0.573 e. The first-order valence-electron chi connectivity index (χ1n) is 4.20. The maximum absolute atomic E-state index is 11.9. The van der Waals surface area contributed by atoms with Gasteiger partial charge >= 0.3 is 6.36 Å². The zero-order valence-corrected chi connectivity index (χ0v) is 7.71. The highest BCUT2D eigenvalue weighted by atomic mass is 19.4. The Morgan fingerprint density at radius 1 is 1.33 bits per heavy atom. The zero-order chi connectivity index (χ0) is 11.5. The Balaban J connectivity index is 2.90. The van der Waals surface area contributed by atoms with Crippen LogP contribution in [0.3, 0.4) is 0 Å². The molecule has 1 rings (SSSR count). The summed E-state index contributed by atoms with van der Waals surface area (Å²) in [5, 5.41) is 9.11. The predicted molar refractivity (Wildman–Crippen MR) is 47.5 cm³/mol. The number of benzene rings is 1. The second-order valence-electron chi connectivity index (χ2n) is 2.89. The lowest BCUT2D eigenvalue weighted by molar-refractivity contribution is -0.275. The van der Waals surface area contributed by atoms with E-state index in [1.807, 2.05) is 0 Å². The van der Waals surface area contributed by atoms with Crippen molar-refractivity contribution < 1.29 is 23.0 Å². The van der Waals surface area contributed by atoms with E-state index in [2.05, 4.69) is 4.74 Å². The monoisotopic (exact) mass is 221 g/mol. The van der Waals surface area contributed by atoms with Crippen molar-refractivity contribution in [1.82, 2.24) is 0 Å². The molecule has 0 fully saturated rings. The molecule has 84 valence electrons. The van der Waals surface area contributed by atoms with Crippen molar-refractivity contribution in [2.24, 2.45) is 5.73 Å². The minimum Gasteiger partial charge on any atom is -0.504 e. The van der Waals surface area contributed by atoms with Crippen molar-refractivity contribution in [3.8, 4) is 11.5 Å². The first-order valence-corrected chi connectivity index (χ1v) is 4.20. The van der Waals surface area contributed by atoms with E-state index in [-0.39, 0.29) is 0 Å². The Hall–Kier alpha value is -1.43. The molecule has 0 aliphatic heterocycles. The fraction of sp³-hybridized carbons (Fsp3) is 0.333. The second kappa shape index (κ2) is 4.39. The Kier molecular flexibility index (Phi) is 3.41. The number of hydrogen-bond donors (Lipinski definition) is 2. The second-order valence-corrected chi connectivity index (χ2v) is 2.89. The molecular weight excluding hydrogens is 211 g/mol. The van der Waals surface area contributed by atoms with Gasteiger partial charge in [0.05, 0.1) is 0 Å². The van der Waals surface area contributed by atoms with Crippen LogP contribution in [0.5, 0.6) is 11.5 Å². The molecule has 0 saturated heterocycles. The van der Waals surface area contributed by atoms with Crippen LogP contribution in [0.15, 0.2) is 18.2 Å². The first kappa shape index (κ1) is 11.6. The third kappa shape index (κ3) is 3.67. The summed E-state index contributed by atoms with van der Waals surface area (Å²) in [5.41, 5.74) is 5.83. The molecule has 1 aromatic carbocycles. The molecule has 0 unspecified atom stereocenters. The van der Waals surface area contributed by atoms with Gasteiger partial charge in [0.15, 0.2) is 11.5 Å². The SMILES string of the molecule is NCCc1ccc(O)c(OC(F)(F)F)c1. The van der Waals surface area contributed by atoms with E-state index in [9.17, 15) is 13.2 Å². The minimum atomic E-state index is -4.81. The molecule has 0 bridgehead atoms. The Morgan fingerprint density at radius 2 is 2.00 bits per heavy atom. The van der Waals surface area contributed by atoms with Crippen LogP contribution in [-0.2, 0) is 6.42 Å². The Labute approximate surface area is 84.3 Å². The maximum Gasteiger partial charge on any atom is 0.573 e. The average Bonchev–Trinajstić information content (AvgIpc) is 2.09. The van der Waals surface area contributed by atoms with Crippen LogP contribution in [0.2, 0.25) is 0 Å². The third-order valence-electron chi connectivity index (χ3n) is 1.68. The standard InChI is InChI=1S/C9H10F3NO2/c10-9(11,12)15-8-5-6(3-4-13)1-2-7(8)14/h1-2,5,14H,3-4,13H2. The number of rotatable bonds is 3. The van der Waals surface area contributed by atoms with Crippen LogP contribution >= 0.6 is 0 Å². The summed E-state index contributed by atoms with van der Waals surface area (Å²) < 4.78 is 39.3. The smallest absolute Gasteiger partial charge is 0.504 e. The number of nitrogens with two attached hydrogens (primary N) is 1. The van der Waals surface area contributed by atoms with Crippen LogP contribution in [0, 0.1) is 0 Å². The van der Waals surface area contributed by atoms with Crippen molar-refractivity contribution in [2.75, 3.05) is 6.54 Å². The number of phenolic OH excluding ortho intramolecular Hbond substituents is 1. The van der Waals surface area contributed by atoms with Crippen molar-refractivity contribution in [1.29, 1.82) is 0 Å². The van der Waals surface area contributed by atoms with Crippen molar-refractivity contribution in [3.63, 3.8) is 0 Å². The molecule has 3 N–H and O–H groups in total. The van der Waals surface area contributed by atoms with E-state index in [1.54, 1.807) is 0 Å². The van der Waals surface area contributed by atoms with Crippen LogP contribution in [0.1, 0.15) is 5.56 Å². The van der Waals surface area contributed by atoms with E-state index >= 15 is 0 Å². The van der Waals surface area contributed by atoms with E-state index in [0.29, 0.717) is 18.5 Å². The molecule has 0 saturated carbocycles. The summed E-state index contributed by atoms with van der Waals surface area (Å²) >= 11 is 0. The Morgan fingerprint density at radius 3 is 2.53 bits per heavy atom. The highest BCUT2D eigenvalue weighted by Gasteiger charge is 2.32. The van der Waals surface area contributed by atoms with Gasteiger partial charge in [-0.2, -0.15) is 0 Å². The lowest BCUT2D eigenvalue weighted by Gasteiger charge is -2.11. The number of phenols is 1. The van der Waals surface area contributed by atoms with Gasteiger partial charge < -0.3 is 15.6 Å². The summed E-state index contributed by atoms with van der Waals surface area (Å²) in [4.78, 5) is 0. The molecule has 0 atom stereocenters. The molecule has 0 amide bonds. The van der Waals surface area contributed by atoms with Crippen molar-refractivity contribution >= 4 is 0 Å². The van der Waals surface area contributed by atoms with E-state index in [1.165, 1.54) is 6.07 Å². The highest BCUT2D eigenvalue weighted by Crippen LogP contribution is 2.31. The van der Waals surface area contributed by atoms with Gasteiger partial charge in [0.2, 0.25) is 0 Å². The molecular formula is C9H10F3NO2. The van der Waals surface area contributed by atoms with Gasteiger partial charge in [0.1, 0.15) is 0 Å². The van der Waals surface area contributed by atoms with Crippen LogP contribution < -0.4 is 10.5 Å². The predicted octanol–water partition coefficient (Wildman–Crippen LogP) is 1.79. The minimum absolute atomic E-state index is 0.316. The number of alkyl halides is 3. The number of halogens is 3. The lowest BCUT2D eigenvalue weighted by atomic mass is 10.1. The third-order valence-corrected chi connectivity index (χ3v) is 1.68. The summed E-state index contributed by atoms with van der Waals surface area (Å²) in [5.74, 6) is -1.15. The maximum atomic E-state index is 11.9. The lowest BCUT2D eigenvalue weighted by Crippen LogP contribution is -2.17. The number of ether oxygens (including phenoxy) is 1. The van der Waals surface area contributed by atoms with Gasteiger partial charge in [-0.15, -0.1) is 13.2 Å². The molecule has 0 radical (unpaired) electrons. The summed E-state index contributed by atoms with van der Waals surface area (Å²) in [6, 6.07) is 3.76. The molecule has 3 nitrogen and oxygen atoms in total. The van der Waals surface area contributed by atoms with Gasteiger partial charge in [-0.3, -0.25) is 0 Å². The summed E-state index contributed by atoms with van der Waals surface area (Å²) in [7, 11) is 0. The van der Waals surface area contributed by atoms with Gasteiger partial charge in [0.25, 0.3) is 0 Å². The van der Waals surface area contributed by atoms with Gasteiger partial charge in [0, 0.05) is 0 Å². The van der Waals surface area contributed by atoms with Gasteiger partial charge in [-0.05, 0) is 30.7 Å². The highest BCUT2D eigenvalue weighted by molar-refractivity contribution is 5.42. The molecule has 15 heavy (non-hydrogen) atoms. The fourth-order valence-corrected chi connectivity index (χ4v) is 1.09. The topological polar surface area (TPSA) is 55.5 Å². The van der Waals surface area contributed by atoms with E-state index in [4.69, 9.17) is 10.8 Å². The quantitative estimate of drug-likeness (QED) is 0.818. The molecule has 1 aromatic rings. The molecule has 0 aliphatic carbocycles. The van der Waals surface area contributed by atoms with Crippen LogP contribution in [0.25, 0.3) is 0 Å². The Bertz CT molecular complexity index is 339. The van der Waals surface area contributed by atoms with Crippen LogP contribution in [-0.4, -0.2) is 18.0 Å². The van der Waals surface area contributed by atoms with E-state index in [0.717, 1.165) is 12.1 Å². The molecule has 0 heterocycles. The zero-order valence-electron chi connectivity index (χ0n) is 7.71. The molecule has 0 spiro atoms. The van der Waals surface area contributed by atoms with Crippen molar-refractivity contribution in [3.05, 3.63) is 23.8 Å². The first-order chi connectivity index (χ1) is 6.92. The number of hydrogen-bond acceptors (Lipinski definition) is 3. The van der Waals surface area contributed by atoms with Crippen LogP contribution in [0.4, 0.5) is 13.2 Å². The van der Waals surface area contributed by atoms with E-state index < -0.39 is 17.9 Å². The molecule has 0 aliphatic rings. The summed E-state index contributed by atoms with van der Waals surface area (Å²) in [6.45, 7) is 0.316. The van der Waals surface area contributed by atoms with Crippen molar-refractivity contribution in [2.45, 2.75) is 12.8 Å². The molecule has 0 aromatic heterocycles. The molecule has 6 heteroatoms.